The average Bonchev–Trinajstić information content (AvgIpc) is 2.99. The Labute approximate surface area is 106 Å². The van der Waals surface area contributed by atoms with Crippen LogP contribution in [0.25, 0.3) is 11.5 Å². The summed E-state index contributed by atoms with van der Waals surface area (Å²) >= 11 is 0. The summed E-state index contributed by atoms with van der Waals surface area (Å²) in [5.74, 6) is 1.81. The number of hydrogen-bond donors (Lipinski definition) is 1. The number of hydrogen-bond acceptors (Lipinski definition) is 4. The van der Waals surface area contributed by atoms with E-state index in [1.54, 1.807) is 0 Å². The molecule has 0 saturated heterocycles. The van der Waals surface area contributed by atoms with Crippen LogP contribution in [-0.4, -0.2) is 10.2 Å². The Morgan fingerprint density at radius 2 is 1.94 bits per heavy atom. The molecule has 1 aromatic heterocycles. The third-order valence-corrected chi connectivity index (χ3v) is 3.49. The van der Waals surface area contributed by atoms with Crippen molar-refractivity contribution >= 4 is 5.69 Å². The van der Waals surface area contributed by atoms with Crippen LogP contribution < -0.4 is 5.73 Å². The van der Waals surface area contributed by atoms with Crippen molar-refractivity contribution in [3.63, 3.8) is 0 Å². The minimum absolute atomic E-state index is 0.452. The molecule has 3 rings (SSSR count). The lowest BCUT2D eigenvalue weighted by Gasteiger charge is -2.02. The lowest BCUT2D eigenvalue weighted by atomic mass is 10.1. The zero-order valence-electron chi connectivity index (χ0n) is 10.5. The molecule has 2 N–H and O–H groups in total. The highest BCUT2D eigenvalue weighted by Crippen LogP contribution is 2.34. The summed E-state index contributed by atoms with van der Waals surface area (Å²) in [4.78, 5) is 0. The first-order valence-electron chi connectivity index (χ1n) is 6.43. The van der Waals surface area contributed by atoms with Crippen molar-refractivity contribution in [2.45, 2.75) is 38.5 Å². The number of rotatable bonds is 2. The van der Waals surface area contributed by atoms with Gasteiger partial charge in [-0.2, -0.15) is 0 Å². The molecule has 1 heterocycles. The Balaban J connectivity index is 1.92. The van der Waals surface area contributed by atoms with Gasteiger partial charge in [-0.25, -0.2) is 0 Å². The van der Waals surface area contributed by atoms with Crippen LogP contribution in [0.15, 0.2) is 22.6 Å². The lowest BCUT2D eigenvalue weighted by molar-refractivity contribution is 0.457. The average molecular weight is 243 g/mol. The molecule has 1 aliphatic carbocycles. The van der Waals surface area contributed by atoms with E-state index >= 15 is 0 Å². The quantitative estimate of drug-likeness (QED) is 0.822. The van der Waals surface area contributed by atoms with Crippen molar-refractivity contribution in [2.24, 2.45) is 0 Å². The Kier molecular flexibility index (Phi) is 2.78. The van der Waals surface area contributed by atoms with E-state index in [9.17, 15) is 0 Å². The van der Waals surface area contributed by atoms with Gasteiger partial charge >= 0.3 is 0 Å². The van der Waals surface area contributed by atoms with Gasteiger partial charge in [-0.3, -0.25) is 0 Å². The first kappa shape index (κ1) is 11.3. The maximum absolute atomic E-state index is 5.84. The summed E-state index contributed by atoms with van der Waals surface area (Å²) < 4.78 is 5.79. The standard InChI is InChI=1S/C14H17N3O/c1-9-6-11(8-12(15)7-9)14-17-16-13(18-14)10-4-2-3-5-10/h6-8,10H,2-5,15H2,1H3. The van der Waals surface area contributed by atoms with Crippen LogP contribution >= 0.6 is 0 Å². The lowest BCUT2D eigenvalue weighted by Crippen LogP contribution is -1.91. The van der Waals surface area contributed by atoms with E-state index in [-0.39, 0.29) is 0 Å². The molecule has 0 radical (unpaired) electrons. The number of benzene rings is 1. The van der Waals surface area contributed by atoms with Gasteiger partial charge in [-0.15, -0.1) is 10.2 Å². The molecule has 0 bridgehead atoms. The molecular weight excluding hydrogens is 226 g/mol. The van der Waals surface area contributed by atoms with Gasteiger partial charge in [0.05, 0.1) is 0 Å². The number of nitrogens with two attached hydrogens (primary N) is 1. The molecule has 18 heavy (non-hydrogen) atoms. The van der Waals surface area contributed by atoms with Crippen LogP contribution in [0.4, 0.5) is 5.69 Å². The van der Waals surface area contributed by atoms with Gasteiger partial charge in [-0.1, -0.05) is 12.8 Å². The number of aryl methyl sites for hydroxylation is 1. The first-order chi connectivity index (χ1) is 8.72. The molecule has 1 aromatic carbocycles. The van der Waals surface area contributed by atoms with Gasteiger partial charge in [0, 0.05) is 17.2 Å². The van der Waals surface area contributed by atoms with E-state index in [2.05, 4.69) is 10.2 Å². The van der Waals surface area contributed by atoms with Crippen molar-refractivity contribution in [2.75, 3.05) is 5.73 Å². The van der Waals surface area contributed by atoms with Gasteiger partial charge in [-0.05, 0) is 43.5 Å². The summed E-state index contributed by atoms with van der Waals surface area (Å²) in [6, 6.07) is 5.82. The summed E-state index contributed by atoms with van der Waals surface area (Å²) in [6.07, 6.45) is 4.86. The maximum atomic E-state index is 5.84. The molecule has 0 unspecified atom stereocenters. The highest BCUT2D eigenvalue weighted by molar-refractivity contribution is 5.61. The summed E-state index contributed by atoms with van der Waals surface area (Å²) in [7, 11) is 0. The number of anilines is 1. The van der Waals surface area contributed by atoms with E-state index in [0.717, 1.165) is 35.5 Å². The van der Waals surface area contributed by atoms with Crippen LogP contribution in [0.3, 0.4) is 0 Å². The van der Waals surface area contributed by atoms with Gasteiger partial charge in [0.25, 0.3) is 0 Å². The fourth-order valence-corrected chi connectivity index (χ4v) is 2.63. The second-order valence-electron chi connectivity index (χ2n) is 5.06. The summed E-state index contributed by atoms with van der Waals surface area (Å²) in [6.45, 7) is 2.01. The fraction of sp³-hybridized carbons (Fsp3) is 0.429. The highest BCUT2D eigenvalue weighted by atomic mass is 16.4. The Hall–Kier alpha value is -1.84. The second kappa shape index (κ2) is 4.44. The Bertz CT molecular complexity index is 536. The third-order valence-electron chi connectivity index (χ3n) is 3.49. The second-order valence-corrected chi connectivity index (χ2v) is 5.06. The van der Waals surface area contributed by atoms with Crippen LogP contribution in [0.2, 0.25) is 0 Å². The normalized spacial score (nSPS) is 16.3. The number of aromatic nitrogens is 2. The molecule has 0 aliphatic heterocycles. The zero-order valence-corrected chi connectivity index (χ0v) is 10.5. The first-order valence-corrected chi connectivity index (χ1v) is 6.43. The zero-order chi connectivity index (χ0) is 12.5. The Morgan fingerprint density at radius 3 is 2.67 bits per heavy atom. The van der Waals surface area contributed by atoms with E-state index in [1.165, 1.54) is 12.8 Å². The molecule has 4 heteroatoms. The number of nitrogens with zero attached hydrogens (tertiary/aromatic N) is 2. The largest absolute Gasteiger partial charge is 0.420 e. The predicted molar refractivity (Wildman–Crippen MR) is 70.1 cm³/mol. The minimum atomic E-state index is 0.452. The fourth-order valence-electron chi connectivity index (χ4n) is 2.63. The topological polar surface area (TPSA) is 64.9 Å². The highest BCUT2D eigenvalue weighted by Gasteiger charge is 2.23. The van der Waals surface area contributed by atoms with Crippen LogP contribution in [0.5, 0.6) is 0 Å². The summed E-state index contributed by atoms with van der Waals surface area (Å²) in [5, 5.41) is 8.32. The van der Waals surface area contributed by atoms with E-state index < -0.39 is 0 Å². The van der Waals surface area contributed by atoms with Crippen molar-refractivity contribution in [1.29, 1.82) is 0 Å². The molecular formula is C14H17N3O. The van der Waals surface area contributed by atoms with Crippen molar-refractivity contribution < 1.29 is 4.42 Å². The smallest absolute Gasteiger partial charge is 0.247 e. The van der Waals surface area contributed by atoms with Crippen molar-refractivity contribution in [1.82, 2.24) is 10.2 Å². The maximum Gasteiger partial charge on any atom is 0.247 e. The van der Waals surface area contributed by atoms with E-state index in [1.807, 2.05) is 25.1 Å². The molecule has 0 amide bonds. The van der Waals surface area contributed by atoms with Crippen LogP contribution in [-0.2, 0) is 0 Å². The number of nitrogen functional groups attached to an aromatic ring is 1. The van der Waals surface area contributed by atoms with E-state index in [4.69, 9.17) is 10.2 Å². The summed E-state index contributed by atoms with van der Waals surface area (Å²) in [5.41, 5.74) is 8.57. The van der Waals surface area contributed by atoms with Crippen LogP contribution in [0, 0.1) is 6.92 Å². The van der Waals surface area contributed by atoms with E-state index in [0.29, 0.717) is 11.8 Å². The van der Waals surface area contributed by atoms with Crippen LogP contribution in [0.1, 0.15) is 43.1 Å². The molecule has 1 saturated carbocycles. The molecule has 4 nitrogen and oxygen atoms in total. The molecule has 2 aromatic rings. The molecule has 94 valence electrons. The van der Waals surface area contributed by atoms with Gasteiger partial charge in [0.2, 0.25) is 11.8 Å². The van der Waals surface area contributed by atoms with Gasteiger partial charge in [0.15, 0.2) is 0 Å². The molecule has 0 spiro atoms. The molecule has 1 aliphatic rings. The van der Waals surface area contributed by atoms with Gasteiger partial charge < -0.3 is 10.2 Å². The van der Waals surface area contributed by atoms with Crippen molar-refractivity contribution in [3.05, 3.63) is 29.7 Å². The molecule has 0 atom stereocenters. The minimum Gasteiger partial charge on any atom is -0.420 e. The predicted octanol–water partition coefficient (Wildman–Crippen LogP) is 3.28. The third kappa shape index (κ3) is 2.10. The van der Waals surface area contributed by atoms with Gasteiger partial charge in [0.1, 0.15) is 0 Å². The van der Waals surface area contributed by atoms with Crippen molar-refractivity contribution in [3.8, 4) is 11.5 Å². The SMILES string of the molecule is Cc1cc(N)cc(-c2nnc(C3CCCC3)o2)c1. The Morgan fingerprint density at radius 1 is 1.17 bits per heavy atom. The molecule has 1 fully saturated rings. The monoisotopic (exact) mass is 243 g/mol.